The molecule has 0 aliphatic rings. The fourth-order valence-corrected chi connectivity index (χ4v) is 1.51. The molecule has 0 radical (unpaired) electrons. The molecule has 0 N–H and O–H groups in total. The number of carbonyl (C=O) groups is 1. The first-order chi connectivity index (χ1) is 7.31. The highest BCUT2D eigenvalue weighted by Crippen LogP contribution is 2.20. The smallest absolute Gasteiger partial charge is 0.293 e. The van der Waals surface area contributed by atoms with Crippen LogP contribution in [0, 0.1) is 0 Å². The van der Waals surface area contributed by atoms with Crippen LogP contribution in [-0.2, 0) is 9.53 Å². The van der Waals surface area contributed by atoms with E-state index in [4.69, 9.17) is 4.74 Å². The highest BCUT2D eigenvalue weighted by atomic mass is 16.5. The molecule has 0 aliphatic heterocycles. The van der Waals surface area contributed by atoms with Crippen LogP contribution in [0.15, 0.2) is 30.8 Å². The lowest BCUT2D eigenvalue weighted by Gasteiger charge is -2.13. The number of rotatable bonds is 6. The van der Waals surface area contributed by atoms with Crippen molar-refractivity contribution in [1.29, 1.82) is 0 Å². The van der Waals surface area contributed by atoms with E-state index in [1.54, 1.807) is 0 Å². The van der Waals surface area contributed by atoms with Gasteiger partial charge in [0.25, 0.3) is 6.47 Å². The summed E-state index contributed by atoms with van der Waals surface area (Å²) in [6.45, 7) is 6.74. The predicted molar refractivity (Wildman–Crippen MR) is 61.6 cm³/mol. The monoisotopic (exact) mass is 204 g/mol. The fraction of sp³-hybridized carbons (Fsp3) is 0.308. The Morgan fingerprint density at radius 2 is 2.07 bits per heavy atom. The van der Waals surface area contributed by atoms with Crippen molar-refractivity contribution in [3.8, 4) is 0 Å². The van der Waals surface area contributed by atoms with Crippen molar-refractivity contribution in [1.82, 2.24) is 0 Å². The summed E-state index contributed by atoms with van der Waals surface area (Å²) in [7, 11) is 0. The number of ether oxygens (including phenoxy) is 1. The molecule has 0 amide bonds. The van der Waals surface area contributed by atoms with Crippen LogP contribution in [0.5, 0.6) is 0 Å². The van der Waals surface area contributed by atoms with Gasteiger partial charge in [0.1, 0.15) is 0 Å². The van der Waals surface area contributed by atoms with Gasteiger partial charge in [-0.2, -0.15) is 0 Å². The minimum atomic E-state index is 0.286. The molecule has 0 spiro atoms. The van der Waals surface area contributed by atoms with Gasteiger partial charge in [0.15, 0.2) is 0 Å². The number of benzene rings is 1. The second-order valence-electron chi connectivity index (χ2n) is 3.41. The molecule has 0 aliphatic carbocycles. The summed E-state index contributed by atoms with van der Waals surface area (Å²) in [5.41, 5.74) is 2.30. The minimum Gasteiger partial charge on any atom is -0.467 e. The molecule has 2 heteroatoms. The van der Waals surface area contributed by atoms with Crippen LogP contribution in [0.2, 0.25) is 0 Å². The van der Waals surface area contributed by atoms with E-state index >= 15 is 0 Å². The molecule has 0 bridgehead atoms. The lowest BCUT2D eigenvalue weighted by atomic mass is 9.96. The maximum Gasteiger partial charge on any atom is 0.293 e. The van der Waals surface area contributed by atoms with Gasteiger partial charge < -0.3 is 4.74 Å². The molecule has 0 saturated heterocycles. The van der Waals surface area contributed by atoms with Crippen molar-refractivity contribution in [2.24, 2.45) is 0 Å². The topological polar surface area (TPSA) is 26.3 Å². The van der Waals surface area contributed by atoms with Crippen molar-refractivity contribution in [2.75, 3.05) is 6.61 Å². The van der Waals surface area contributed by atoms with Crippen LogP contribution in [0.1, 0.15) is 30.4 Å². The van der Waals surface area contributed by atoms with E-state index in [0.29, 0.717) is 13.1 Å². The molecule has 1 atom stereocenters. The zero-order valence-corrected chi connectivity index (χ0v) is 8.98. The van der Waals surface area contributed by atoms with E-state index in [9.17, 15) is 4.79 Å². The third-order valence-corrected chi connectivity index (χ3v) is 2.50. The molecule has 1 unspecified atom stereocenters. The Bertz CT molecular complexity index is 314. The summed E-state index contributed by atoms with van der Waals surface area (Å²) in [6.07, 6.45) is 2.77. The molecule has 0 saturated carbocycles. The standard InChI is InChI=1S/C13H16O2/c1-3-11-5-7-13(8-6-11)12(4-2)9-15-10-14/h3,5-8,10,12H,1,4,9H2,2H3. The second kappa shape index (κ2) is 6.02. The molecular weight excluding hydrogens is 188 g/mol. The summed E-state index contributed by atoms with van der Waals surface area (Å²) in [6, 6.07) is 8.15. The SMILES string of the molecule is C=Cc1ccc(C(CC)COC=O)cc1. The van der Waals surface area contributed by atoms with Crippen LogP contribution in [-0.4, -0.2) is 13.1 Å². The fourth-order valence-electron chi connectivity index (χ4n) is 1.51. The molecule has 0 fully saturated rings. The highest BCUT2D eigenvalue weighted by molar-refractivity contribution is 5.47. The zero-order chi connectivity index (χ0) is 11.1. The molecule has 0 heterocycles. The van der Waals surface area contributed by atoms with Gasteiger partial charge in [-0.1, -0.05) is 43.8 Å². The van der Waals surface area contributed by atoms with E-state index in [-0.39, 0.29) is 5.92 Å². The molecule has 80 valence electrons. The van der Waals surface area contributed by atoms with Crippen LogP contribution >= 0.6 is 0 Å². The summed E-state index contributed by atoms with van der Waals surface area (Å²) in [5.74, 6) is 0.286. The number of carbonyl (C=O) groups excluding carboxylic acids is 1. The number of hydrogen-bond donors (Lipinski definition) is 0. The summed E-state index contributed by atoms with van der Waals surface area (Å²) in [4.78, 5) is 10.1. The Morgan fingerprint density at radius 3 is 2.53 bits per heavy atom. The average molecular weight is 204 g/mol. The Hall–Kier alpha value is -1.57. The molecule has 0 aromatic heterocycles. The van der Waals surface area contributed by atoms with E-state index in [2.05, 4.69) is 25.6 Å². The molecule has 15 heavy (non-hydrogen) atoms. The van der Waals surface area contributed by atoms with Crippen LogP contribution in [0.3, 0.4) is 0 Å². The first-order valence-corrected chi connectivity index (χ1v) is 5.09. The first kappa shape index (κ1) is 11.5. The Balaban J connectivity index is 2.73. The van der Waals surface area contributed by atoms with Crippen LogP contribution < -0.4 is 0 Å². The molecule has 1 aromatic carbocycles. The van der Waals surface area contributed by atoms with Crippen molar-refractivity contribution in [2.45, 2.75) is 19.3 Å². The summed E-state index contributed by atoms with van der Waals surface area (Å²) >= 11 is 0. The third kappa shape index (κ3) is 3.24. The van der Waals surface area contributed by atoms with Gasteiger partial charge in [0, 0.05) is 5.92 Å². The van der Waals surface area contributed by atoms with Crippen molar-refractivity contribution < 1.29 is 9.53 Å². The first-order valence-electron chi connectivity index (χ1n) is 5.09. The normalized spacial score (nSPS) is 11.8. The lowest BCUT2D eigenvalue weighted by molar-refractivity contribution is -0.129. The van der Waals surface area contributed by atoms with Gasteiger partial charge in [-0.15, -0.1) is 0 Å². The largest absolute Gasteiger partial charge is 0.467 e. The van der Waals surface area contributed by atoms with Gasteiger partial charge in [0.2, 0.25) is 0 Å². The highest BCUT2D eigenvalue weighted by Gasteiger charge is 2.09. The summed E-state index contributed by atoms with van der Waals surface area (Å²) in [5, 5.41) is 0. The van der Waals surface area contributed by atoms with Gasteiger partial charge in [-0.25, -0.2) is 0 Å². The van der Waals surface area contributed by atoms with E-state index in [1.807, 2.05) is 18.2 Å². The molecule has 1 rings (SSSR count). The Kier molecular flexibility index (Phi) is 4.61. The lowest BCUT2D eigenvalue weighted by Crippen LogP contribution is -2.06. The van der Waals surface area contributed by atoms with Gasteiger partial charge in [0.05, 0.1) is 6.61 Å². The van der Waals surface area contributed by atoms with Crippen LogP contribution in [0.4, 0.5) is 0 Å². The van der Waals surface area contributed by atoms with Gasteiger partial charge in [-0.05, 0) is 17.5 Å². The van der Waals surface area contributed by atoms with Gasteiger partial charge >= 0.3 is 0 Å². The van der Waals surface area contributed by atoms with Gasteiger partial charge in [-0.3, -0.25) is 4.79 Å². The van der Waals surface area contributed by atoms with E-state index < -0.39 is 0 Å². The van der Waals surface area contributed by atoms with E-state index in [1.165, 1.54) is 5.56 Å². The quantitative estimate of drug-likeness (QED) is 0.666. The maximum absolute atomic E-state index is 10.1. The average Bonchev–Trinajstić information content (AvgIpc) is 2.31. The third-order valence-electron chi connectivity index (χ3n) is 2.50. The van der Waals surface area contributed by atoms with Crippen molar-refractivity contribution in [3.63, 3.8) is 0 Å². The van der Waals surface area contributed by atoms with Crippen molar-refractivity contribution >= 4 is 12.5 Å². The Labute approximate surface area is 90.6 Å². The molecule has 2 nitrogen and oxygen atoms in total. The van der Waals surface area contributed by atoms with Crippen LogP contribution in [0.25, 0.3) is 6.08 Å². The molecular formula is C13H16O2. The minimum absolute atomic E-state index is 0.286. The van der Waals surface area contributed by atoms with E-state index in [0.717, 1.165) is 12.0 Å². The predicted octanol–water partition coefficient (Wildman–Crippen LogP) is 3.00. The molecule has 1 aromatic rings. The zero-order valence-electron chi connectivity index (χ0n) is 8.98. The Morgan fingerprint density at radius 1 is 1.40 bits per heavy atom. The number of hydrogen-bond acceptors (Lipinski definition) is 2. The second-order valence-corrected chi connectivity index (χ2v) is 3.41. The maximum atomic E-state index is 10.1. The van der Waals surface area contributed by atoms with Crippen molar-refractivity contribution in [3.05, 3.63) is 42.0 Å². The summed E-state index contributed by atoms with van der Waals surface area (Å²) < 4.78 is 4.80.